The predicted octanol–water partition coefficient (Wildman–Crippen LogP) is 2.28. The van der Waals surface area contributed by atoms with Crippen molar-refractivity contribution in [3.8, 4) is 6.07 Å². The lowest BCUT2D eigenvalue weighted by atomic mass is 10.0. The number of hydrogen-bond donors (Lipinski definition) is 0. The van der Waals surface area contributed by atoms with Gasteiger partial charge < -0.3 is 4.74 Å². The van der Waals surface area contributed by atoms with Crippen LogP contribution in [-0.4, -0.2) is 10.9 Å². The molecule has 0 fully saturated rings. The van der Waals surface area contributed by atoms with Gasteiger partial charge in [-0.1, -0.05) is 6.58 Å². The number of benzene rings is 1. The van der Waals surface area contributed by atoms with Gasteiger partial charge in [0.2, 0.25) is 0 Å². The molecule has 92 valence electrons. The fraction of sp³-hybridized carbons (Fsp3) is 0.167. The highest BCUT2D eigenvalue weighted by Crippen LogP contribution is 2.26. The minimum Gasteiger partial charge on any atom is -0.452 e. The van der Waals surface area contributed by atoms with Gasteiger partial charge in [-0.05, 0) is 17.7 Å². The molecule has 1 rings (SSSR count). The van der Waals surface area contributed by atoms with Crippen LogP contribution in [0.1, 0.15) is 18.6 Å². The van der Waals surface area contributed by atoms with Crippen LogP contribution in [0.4, 0.5) is 5.69 Å². The number of hydrogen-bond acceptors (Lipinski definition) is 5. The van der Waals surface area contributed by atoms with Gasteiger partial charge >= 0.3 is 5.97 Å². The molecule has 0 spiro atoms. The summed E-state index contributed by atoms with van der Waals surface area (Å²) in [6.45, 7) is 4.70. The first-order valence-corrected chi connectivity index (χ1v) is 4.96. The van der Waals surface area contributed by atoms with Gasteiger partial charge in [0.25, 0.3) is 5.69 Å². The van der Waals surface area contributed by atoms with Gasteiger partial charge in [-0.25, -0.2) is 0 Å². The molecule has 0 amide bonds. The van der Waals surface area contributed by atoms with Gasteiger partial charge in [0.1, 0.15) is 0 Å². The summed E-state index contributed by atoms with van der Waals surface area (Å²) in [5.41, 5.74) is 0.435. The highest BCUT2D eigenvalue weighted by molar-refractivity contribution is 5.67. The molecule has 0 saturated heterocycles. The summed E-state index contributed by atoms with van der Waals surface area (Å²) in [6.07, 6.45) is -0.909. The lowest BCUT2D eigenvalue weighted by Gasteiger charge is -2.15. The summed E-state index contributed by atoms with van der Waals surface area (Å²) in [5, 5.41) is 19.3. The van der Waals surface area contributed by atoms with E-state index < -0.39 is 17.0 Å². The largest absolute Gasteiger partial charge is 0.452 e. The predicted molar refractivity (Wildman–Crippen MR) is 62.4 cm³/mol. The molecule has 0 N–H and O–H groups in total. The Hall–Kier alpha value is -2.68. The third-order valence-electron chi connectivity index (χ3n) is 2.15. The van der Waals surface area contributed by atoms with Crippen LogP contribution in [0.25, 0.3) is 0 Å². The minimum absolute atomic E-state index is 0.0547. The Morgan fingerprint density at radius 2 is 2.06 bits per heavy atom. The van der Waals surface area contributed by atoms with E-state index in [1.165, 1.54) is 31.2 Å². The molecule has 0 aliphatic heterocycles. The number of nitriles is 1. The van der Waals surface area contributed by atoms with E-state index >= 15 is 0 Å². The SMILES string of the molecule is C=C(C#N)C(OC(C)=O)c1ccc([N+](=O)[O-])cc1. The Balaban J connectivity index is 3.06. The second-order valence-electron chi connectivity index (χ2n) is 3.48. The number of esters is 1. The smallest absolute Gasteiger partial charge is 0.303 e. The van der Waals surface area contributed by atoms with Gasteiger partial charge in [-0.3, -0.25) is 14.9 Å². The highest BCUT2D eigenvalue weighted by Gasteiger charge is 2.19. The Bertz CT molecular complexity index is 528. The fourth-order valence-electron chi connectivity index (χ4n) is 1.34. The Kier molecular flexibility index (Phi) is 4.16. The van der Waals surface area contributed by atoms with E-state index in [2.05, 4.69) is 6.58 Å². The monoisotopic (exact) mass is 246 g/mol. The van der Waals surface area contributed by atoms with Crippen LogP contribution in [-0.2, 0) is 9.53 Å². The second-order valence-corrected chi connectivity index (χ2v) is 3.48. The van der Waals surface area contributed by atoms with Crippen molar-refractivity contribution >= 4 is 11.7 Å². The van der Waals surface area contributed by atoms with Crippen LogP contribution in [0.2, 0.25) is 0 Å². The maximum Gasteiger partial charge on any atom is 0.303 e. The number of non-ortho nitro benzene ring substituents is 1. The molecular weight excluding hydrogens is 236 g/mol. The van der Waals surface area contributed by atoms with Crippen molar-refractivity contribution in [3.63, 3.8) is 0 Å². The number of carbonyl (C=O) groups excluding carboxylic acids is 1. The summed E-state index contributed by atoms with van der Waals surface area (Å²) in [5.74, 6) is -0.560. The van der Waals surface area contributed by atoms with Crippen molar-refractivity contribution in [1.29, 1.82) is 5.26 Å². The van der Waals surface area contributed by atoms with Crippen molar-refractivity contribution in [2.45, 2.75) is 13.0 Å². The molecule has 0 radical (unpaired) electrons. The van der Waals surface area contributed by atoms with Crippen molar-refractivity contribution in [1.82, 2.24) is 0 Å². The molecular formula is C12H10N2O4. The average molecular weight is 246 g/mol. The summed E-state index contributed by atoms with van der Waals surface area (Å²) in [4.78, 5) is 20.9. The second kappa shape index (κ2) is 5.59. The Labute approximate surface area is 103 Å². The van der Waals surface area contributed by atoms with Crippen molar-refractivity contribution in [3.05, 3.63) is 52.1 Å². The number of rotatable bonds is 4. The van der Waals surface area contributed by atoms with Crippen LogP contribution in [0.15, 0.2) is 36.4 Å². The Morgan fingerprint density at radius 1 is 1.50 bits per heavy atom. The molecule has 6 nitrogen and oxygen atoms in total. The van der Waals surface area contributed by atoms with E-state index in [9.17, 15) is 14.9 Å². The van der Waals surface area contributed by atoms with Crippen LogP contribution in [0, 0.1) is 21.4 Å². The zero-order valence-electron chi connectivity index (χ0n) is 9.62. The number of nitro benzene ring substituents is 1. The van der Waals surface area contributed by atoms with Crippen molar-refractivity contribution in [2.75, 3.05) is 0 Å². The van der Waals surface area contributed by atoms with Gasteiger partial charge in [0, 0.05) is 19.1 Å². The van der Waals surface area contributed by atoms with E-state index in [1.807, 2.05) is 0 Å². The third-order valence-corrected chi connectivity index (χ3v) is 2.15. The van der Waals surface area contributed by atoms with Gasteiger partial charge in [-0.15, -0.1) is 0 Å². The summed E-state index contributed by atoms with van der Waals surface area (Å²) >= 11 is 0. The van der Waals surface area contributed by atoms with Crippen molar-refractivity contribution in [2.24, 2.45) is 0 Å². The number of nitrogens with zero attached hydrogens (tertiary/aromatic N) is 2. The lowest BCUT2D eigenvalue weighted by Crippen LogP contribution is -2.10. The van der Waals surface area contributed by atoms with E-state index in [0.717, 1.165) is 0 Å². The summed E-state index contributed by atoms with van der Waals surface area (Å²) in [6, 6.07) is 7.20. The van der Waals surface area contributed by atoms with Crippen LogP contribution < -0.4 is 0 Å². The van der Waals surface area contributed by atoms with E-state index in [0.29, 0.717) is 5.56 Å². The first kappa shape index (κ1) is 13.4. The minimum atomic E-state index is -0.909. The topological polar surface area (TPSA) is 93.2 Å². The average Bonchev–Trinajstić information content (AvgIpc) is 2.35. The van der Waals surface area contributed by atoms with E-state index in [-0.39, 0.29) is 11.3 Å². The van der Waals surface area contributed by atoms with Crippen LogP contribution in [0.5, 0.6) is 0 Å². The van der Waals surface area contributed by atoms with E-state index in [4.69, 9.17) is 10.00 Å². The number of ether oxygens (including phenoxy) is 1. The maximum absolute atomic E-state index is 10.9. The molecule has 0 aromatic heterocycles. The summed E-state index contributed by atoms with van der Waals surface area (Å²) < 4.78 is 4.96. The molecule has 0 heterocycles. The van der Waals surface area contributed by atoms with Gasteiger partial charge in [-0.2, -0.15) is 5.26 Å². The summed E-state index contributed by atoms with van der Waals surface area (Å²) in [7, 11) is 0. The normalized spacial score (nSPS) is 11.1. The maximum atomic E-state index is 10.9. The molecule has 18 heavy (non-hydrogen) atoms. The fourth-order valence-corrected chi connectivity index (χ4v) is 1.34. The molecule has 1 atom stereocenters. The lowest BCUT2D eigenvalue weighted by molar-refractivity contribution is -0.384. The number of nitro groups is 1. The van der Waals surface area contributed by atoms with Crippen LogP contribution >= 0.6 is 0 Å². The molecule has 0 aliphatic carbocycles. The molecule has 0 bridgehead atoms. The zero-order chi connectivity index (χ0) is 13.7. The van der Waals surface area contributed by atoms with Crippen LogP contribution in [0.3, 0.4) is 0 Å². The molecule has 0 aliphatic rings. The first-order valence-electron chi connectivity index (χ1n) is 4.96. The van der Waals surface area contributed by atoms with Crippen molar-refractivity contribution < 1.29 is 14.5 Å². The first-order chi connectivity index (χ1) is 8.45. The Morgan fingerprint density at radius 3 is 2.44 bits per heavy atom. The third kappa shape index (κ3) is 3.15. The number of carbonyl (C=O) groups is 1. The molecule has 6 heteroatoms. The standard InChI is InChI=1S/C12H10N2O4/c1-8(7-13)12(18-9(2)15)10-3-5-11(6-4-10)14(16)17/h3-6,12H,1H2,2H3. The van der Waals surface area contributed by atoms with Gasteiger partial charge in [0.05, 0.1) is 16.6 Å². The molecule has 0 saturated carbocycles. The molecule has 1 aromatic rings. The van der Waals surface area contributed by atoms with E-state index in [1.54, 1.807) is 6.07 Å². The van der Waals surface area contributed by atoms with Gasteiger partial charge in [0.15, 0.2) is 6.10 Å². The quantitative estimate of drug-likeness (QED) is 0.351. The zero-order valence-corrected chi connectivity index (χ0v) is 9.62. The highest BCUT2D eigenvalue weighted by atomic mass is 16.6. The molecule has 1 unspecified atom stereocenters. The molecule has 1 aromatic carbocycles.